The number of pyridine rings is 1. The van der Waals surface area contributed by atoms with Crippen LogP contribution in [0.1, 0.15) is 23.7 Å². The first-order chi connectivity index (χ1) is 11.3. The molecule has 0 aliphatic carbocycles. The van der Waals surface area contributed by atoms with Crippen LogP contribution in [-0.4, -0.2) is 44.6 Å². The molecule has 1 amide bonds. The van der Waals surface area contributed by atoms with Crippen molar-refractivity contribution in [3.05, 3.63) is 38.7 Å². The molecule has 0 spiro atoms. The van der Waals surface area contributed by atoms with E-state index in [4.69, 9.17) is 5.73 Å². The molecular formula is C16H23Cl2N5O3. The maximum absolute atomic E-state index is 12.7. The van der Waals surface area contributed by atoms with Gasteiger partial charge in [0.1, 0.15) is 5.65 Å². The second-order valence-electron chi connectivity index (χ2n) is 6.79. The smallest absolute Gasteiger partial charge is 0.332 e. The van der Waals surface area contributed by atoms with Crippen LogP contribution in [0.2, 0.25) is 0 Å². The number of carbonyl (C=O) groups excluding carboxylic acids is 1. The Morgan fingerprint density at radius 2 is 1.92 bits per heavy atom. The van der Waals surface area contributed by atoms with Gasteiger partial charge < -0.3 is 10.6 Å². The molecule has 3 heterocycles. The van der Waals surface area contributed by atoms with Gasteiger partial charge in [-0.2, -0.15) is 0 Å². The van der Waals surface area contributed by atoms with Crippen molar-refractivity contribution in [3.8, 4) is 0 Å². The summed E-state index contributed by atoms with van der Waals surface area (Å²) in [4.78, 5) is 42.9. The molecule has 2 aromatic heterocycles. The molecule has 0 saturated carbocycles. The summed E-state index contributed by atoms with van der Waals surface area (Å²) in [5, 5.41) is 0.256. The van der Waals surface area contributed by atoms with Gasteiger partial charge in [-0.25, -0.2) is 9.78 Å². The van der Waals surface area contributed by atoms with E-state index in [1.807, 2.05) is 0 Å². The van der Waals surface area contributed by atoms with Crippen LogP contribution in [0.15, 0.2) is 21.9 Å². The van der Waals surface area contributed by atoms with Crippen LogP contribution in [0.25, 0.3) is 11.0 Å². The quantitative estimate of drug-likeness (QED) is 0.775. The molecule has 1 unspecified atom stereocenters. The van der Waals surface area contributed by atoms with E-state index in [-0.39, 0.29) is 47.2 Å². The average molecular weight is 404 g/mol. The van der Waals surface area contributed by atoms with Crippen LogP contribution in [0.3, 0.4) is 0 Å². The second-order valence-corrected chi connectivity index (χ2v) is 6.79. The zero-order chi connectivity index (χ0) is 17.6. The number of halogens is 2. The highest BCUT2D eigenvalue weighted by Crippen LogP contribution is 2.29. The van der Waals surface area contributed by atoms with Crippen molar-refractivity contribution in [2.75, 3.05) is 19.6 Å². The lowest BCUT2D eigenvalue weighted by Crippen LogP contribution is -2.38. The SMILES string of the molecule is Cl.Cl.Cn1c(=O)c2cc(C(=O)N3CCC(C)(CN)C3)cnc2n(C)c1=O. The van der Waals surface area contributed by atoms with Crippen molar-refractivity contribution in [1.29, 1.82) is 0 Å². The van der Waals surface area contributed by atoms with Crippen molar-refractivity contribution >= 4 is 41.8 Å². The van der Waals surface area contributed by atoms with Crippen molar-refractivity contribution in [3.63, 3.8) is 0 Å². The Morgan fingerprint density at radius 3 is 2.50 bits per heavy atom. The van der Waals surface area contributed by atoms with Crippen LogP contribution in [0.4, 0.5) is 0 Å². The highest BCUT2D eigenvalue weighted by Gasteiger charge is 2.35. The van der Waals surface area contributed by atoms with Gasteiger partial charge in [-0.15, -0.1) is 24.8 Å². The Hall–Kier alpha value is -1.90. The Kier molecular flexibility index (Phi) is 6.62. The topological polar surface area (TPSA) is 103 Å². The molecular weight excluding hydrogens is 381 g/mol. The minimum Gasteiger partial charge on any atom is -0.338 e. The van der Waals surface area contributed by atoms with E-state index in [1.54, 1.807) is 11.9 Å². The maximum atomic E-state index is 12.7. The van der Waals surface area contributed by atoms with Crippen LogP contribution >= 0.6 is 24.8 Å². The molecule has 2 aromatic rings. The van der Waals surface area contributed by atoms with Gasteiger partial charge in [0.05, 0.1) is 10.9 Å². The average Bonchev–Trinajstić information content (AvgIpc) is 3.00. The molecule has 0 radical (unpaired) electrons. The minimum absolute atomic E-state index is 0. The van der Waals surface area contributed by atoms with E-state index in [0.29, 0.717) is 25.2 Å². The number of aromatic nitrogens is 3. The van der Waals surface area contributed by atoms with E-state index in [0.717, 1.165) is 11.0 Å². The third-order valence-electron chi connectivity index (χ3n) is 4.88. The number of likely N-dealkylation sites (tertiary alicyclic amines) is 1. The van der Waals surface area contributed by atoms with Gasteiger partial charge in [0.15, 0.2) is 0 Å². The van der Waals surface area contributed by atoms with E-state index < -0.39 is 11.2 Å². The predicted octanol–water partition coefficient (Wildman–Crippen LogP) is 0.287. The predicted molar refractivity (Wildman–Crippen MR) is 104 cm³/mol. The maximum Gasteiger partial charge on any atom is 0.332 e. The van der Waals surface area contributed by atoms with Crippen molar-refractivity contribution < 1.29 is 4.79 Å². The highest BCUT2D eigenvalue weighted by molar-refractivity contribution is 5.97. The van der Waals surface area contributed by atoms with E-state index in [1.165, 1.54) is 23.9 Å². The Labute approximate surface area is 162 Å². The lowest BCUT2D eigenvalue weighted by Gasteiger charge is -2.22. The molecule has 10 heteroatoms. The summed E-state index contributed by atoms with van der Waals surface area (Å²) in [5.74, 6) is -0.169. The largest absolute Gasteiger partial charge is 0.338 e. The number of carbonyl (C=O) groups is 1. The van der Waals surface area contributed by atoms with Gasteiger partial charge in [-0.1, -0.05) is 6.92 Å². The fraction of sp³-hybridized carbons (Fsp3) is 0.500. The summed E-state index contributed by atoms with van der Waals surface area (Å²) in [6.45, 7) is 3.81. The van der Waals surface area contributed by atoms with Gasteiger partial charge in [-0.05, 0) is 24.4 Å². The third-order valence-corrected chi connectivity index (χ3v) is 4.88. The molecule has 3 rings (SSSR count). The fourth-order valence-corrected chi connectivity index (χ4v) is 3.13. The number of aryl methyl sites for hydroxylation is 1. The summed E-state index contributed by atoms with van der Waals surface area (Å²) in [6.07, 6.45) is 2.27. The monoisotopic (exact) mass is 403 g/mol. The first kappa shape index (κ1) is 22.1. The molecule has 1 atom stereocenters. The highest BCUT2D eigenvalue weighted by atomic mass is 35.5. The lowest BCUT2D eigenvalue weighted by molar-refractivity contribution is 0.0776. The molecule has 144 valence electrons. The number of hydrogen-bond acceptors (Lipinski definition) is 5. The van der Waals surface area contributed by atoms with Crippen LogP contribution in [0.5, 0.6) is 0 Å². The van der Waals surface area contributed by atoms with E-state index >= 15 is 0 Å². The number of nitrogens with zero attached hydrogens (tertiary/aromatic N) is 4. The van der Waals surface area contributed by atoms with E-state index in [2.05, 4.69) is 11.9 Å². The lowest BCUT2D eigenvalue weighted by atomic mass is 9.90. The Bertz CT molecular complexity index is 955. The number of hydrogen-bond donors (Lipinski definition) is 1. The molecule has 26 heavy (non-hydrogen) atoms. The first-order valence-corrected chi connectivity index (χ1v) is 7.82. The molecule has 1 aliphatic rings. The number of fused-ring (bicyclic) bond motifs is 1. The second kappa shape index (κ2) is 7.77. The number of rotatable bonds is 2. The summed E-state index contributed by atoms with van der Waals surface area (Å²) in [5.41, 5.74) is 5.43. The van der Waals surface area contributed by atoms with Crippen molar-refractivity contribution in [1.82, 2.24) is 19.0 Å². The summed E-state index contributed by atoms with van der Waals surface area (Å²) < 4.78 is 2.31. The number of amides is 1. The van der Waals surface area contributed by atoms with Crippen LogP contribution in [-0.2, 0) is 14.1 Å². The van der Waals surface area contributed by atoms with Gasteiger partial charge >= 0.3 is 5.69 Å². The number of nitrogens with two attached hydrogens (primary N) is 1. The Morgan fingerprint density at radius 1 is 1.27 bits per heavy atom. The van der Waals surface area contributed by atoms with Gasteiger partial charge in [0.2, 0.25) is 0 Å². The summed E-state index contributed by atoms with van der Waals surface area (Å²) in [7, 11) is 2.96. The normalized spacial score (nSPS) is 19.2. The standard InChI is InChI=1S/C16H21N5O3.2ClH/c1-16(8-17)4-5-21(9-16)13(22)10-6-11-12(18-7-10)19(2)15(24)20(3)14(11)23;;/h6-7H,4-5,8-9,17H2,1-3H3;2*1H. The van der Waals surface area contributed by atoms with E-state index in [9.17, 15) is 14.4 Å². The van der Waals surface area contributed by atoms with Crippen LogP contribution in [0, 0.1) is 5.41 Å². The molecule has 2 N–H and O–H groups in total. The van der Waals surface area contributed by atoms with Crippen LogP contribution < -0.4 is 17.0 Å². The third kappa shape index (κ3) is 3.49. The first-order valence-electron chi connectivity index (χ1n) is 7.82. The van der Waals surface area contributed by atoms with Crippen molar-refractivity contribution in [2.24, 2.45) is 25.2 Å². The fourth-order valence-electron chi connectivity index (χ4n) is 3.13. The minimum atomic E-state index is -0.455. The molecule has 8 nitrogen and oxygen atoms in total. The molecule has 0 aromatic carbocycles. The van der Waals surface area contributed by atoms with Gasteiger partial charge in [0.25, 0.3) is 11.5 Å². The zero-order valence-electron chi connectivity index (χ0n) is 14.9. The zero-order valence-corrected chi connectivity index (χ0v) is 16.5. The van der Waals surface area contributed by atoms with Crippen molar-refractivity contribution in [2.45, 2.75) is 13.3 Å². The Balaban J connectivity index is 0.00000169. The summed E-state index contributed by atoms with van der Waals surface area (Å²) >= 11 is 0. The molecule has 1 aliphatic heterocycles. The molecule has 1 saturated heterocycles. The summed E-state index contributed by atoms with van der Waals surface area (Å²) in [6, 6.07) is 1.52. The van der Waals surface area contributed by atoms with Gasteiger partial charge in [0, 0.05) is 33.4 Å². The molecule has 0 bridgehead atoms. The molecule has 1 fully saturated rings. The van der Waals surface area contributed by atoms with Gasteiger partial charge in [-0.3, -0.25) is 18.7 Å².